The van der Waals surface area contributed by atoms with E-state index in [9.17, 15) is 14.4 Å². The molecule has 0 saturated heterocycles. The summed E-state index contributed by atoms with van der Waals surface area (Å²) in [6.45, 7) is -0.0531. The molecule has 2 aromatic rings. The van der Waals surface area contributed by atoms with Gasteiger partial charge in [0, 0.05) is 6.54 Å². The smallest absolute Gasteiger partial charge is 0.337 e. The molecule has 2 rings (SSSR count). The Labute approximate surface area is 145 Å². The van der Waals surface area contributed by atoms with Crippen LogP contribution < -0.4 is 5.32 Å². The van der Waals surface area contributed by atoms with Crippen molar-refractivity contribution in [3.05, 3.63) is 71.3 Å². The summed E-state index contributed by atoms with van der Waals surface area (Å²) in [4.78, 5) is 34.7. The minimum atomic E-state index is -0.455. The van der Waals surface area contributed by atoms with Gasteiger partial charge >= 0.3 is 11.9 Å². The van der Waals surface area contributed by atoms with Crippen molar-refractivity contribution in [2.75, 3.05) is 13.7 Å². The van der Waals surface area contributed by atoms with E-state index in [0.717, 1.165) is 11.1 Å². The van der Waals surface area contributed by atoms with Crippen LogP contribution in [0.1, 0.15) is 21.5 Å². The van der Waals surface area contributed by atoms with Crippen LogP contribution in [0.2, 0.25) is 0 Å². The summed E-state index contributed by atoms with van der Waals surface area (Å²) in [6, 6.07) is 15.8. The first-order valence-corrected chi connectivity index (χ1v) is 7.72. The zero-order valence-electron chi connectivity index (χ0n) is 13.9. The van der Waals surface area contributed by atoms with E-state index in [0.29, 0.717) is 5.56 Å². The van der Waals surface area contributed by atoms with E-state index in [1.165, 1.54) is 7.11 Å². The van der Waals surface area contributed by atoms with Crippen LogP contribution in [-0.4, -0.2) is 31.6 Å². The number of hydrogen-bond donors (Lipinski definition) is 1. The molecule has 0 aliphatic heterocycles. The molecule has 0 aliphatic carbocycles. The van der Waals surface area contributed by atoms with Crippen LogP contribution in [0.5, 0.6) is 0 Å². The molecule has 0 aliphatic rings. The molecule has 1 amide bonds. The Morgan fingerprint density at radius 3 is 2.24 bits per heavy atom. The number of rotatable bonds is 7. The predicted octanol–water partition coefficient (Wildman–Crippen LogP) is 1.88. The van der Waals surface area contributed by atoms with Crippen LogP contribution in [0, 0.1) is 0 Å². The monoisotopic (exact) mass is 341 g/mol. The second-order valence-corrected chi connectivity index (χ2v) is 5.29. The lowest BCUT2D eigenvalue weighted by molar-refractivity contribution is -0.147. The fraction of sp³-hybridized carbons (Fsp3) is 0.211. The zero-order valence-corrected chi connectivity index (χ0v) is 13.9. The number of amides is 1. The Bertz CT molecular complexity index is 725. The lowest BCUT2D eigenvalue weighted by Gasteiger charge is -2.07. The van der Waals surface area contributed by atoms with Gasteiger partial charge in [0.2, 0.25) is 0 Å². The molecule has 25 heavy (non-hydrogen) atoms. The Balaban J connectivity index is 1.71. The summed E-state index contributed by atoms with van der Waals surface area (Å²) >= 11 is 0. The van der Waals surface area contributed by atoms with Gasteiger partial charge in [-0.05, 0) is 23.3 Å². The van der Waals surface area contributed by atoms with Gasteiger partial charge in [-0.2, -0.15) is 0 Å². The molecular weight excluding hydrogens is 322 g/mol. The van der Waals surface area contributed by atoms with Gasteiger partial charge in [-0.15, -0.1) is 0 Å². The number of benzene rings is 2. The van der Waals surface area contributed by atoms with Crippen molar-refractivity contribution in [2.45, 2.75) is 13.0 Å². The second kappa shape index (κ2) is 9.22. The molecule has 0 radical (unpaired) electrons. The maximum Gasteiger partial charge on any atom is 0.337 e. The minimum Gasteiger partial charge on any atom is -0.465 e. The average Bonchev–Trinajstić information content (AvgIpc) is 2.65. The van der Waals surface area contributed by atoms with Gasteiger partial charge in [-0.3, -0.25) is 9.59 Å². The highest BCUT2D eigenvalue weighted by Crippen LogP contribution is 2.05. The highest BCUT2D eigenvalue weighted by Gasteiger charge is 2.09. The lowest BCUT2D eigenvalue weighted by Crippen LogP contribution is -2.28. The zero-order chi connectivity index (χ0) is 18.1. The first-order chi connectivity index (χ1) is 12.1. The fourth-order valence-electron chi connectivity index (χ4n) is 2.09. The summed E-state index contributed by atoms with van der Waals surface area (Å²) in [7, 11) is 1.32. The molecule has 2 aromatic carbocycles. The quantitative estimate of drug-likeness (QED) is 0.778. The van der Waals surface area contributed by atoms with Crippen molar-refractivity contribution in [1.29, 1.82) is 0 Å². The molecule has 130 valence electrons. The van der Waals surface area contributed by atoms with Crippen LogP contribution in [-0.2, 0) is 32.0 Å². The van der Waals surface area contributed by atoms with Crippen LogP contribution in [0.15, 0.2) is 54.6 Å². The molecule has 0 atom stereocenters. The van der Waals surface area contributed by atoms with Crippen LogP contribution >= 0.6 is 0 Å². The summed E-state index contributed by atoms with van der Waals surface area (Å²) in [5.41, 5.74) is 2.09. The number of esters is 2. The Morgan fingerprint density at radius 1 is 0.920 bits per heavy atom. The number of carbonyl (C=O) groups excluding carboxylic acids is 3. The average molecular weight is 341 g/mol. The second-order valence-electron chi connectivity index (χ2n) is 5.29. The number of ether oxygens (including phenoxy) is 2. The van der Waals surface area contributed by atoms with Crippen molar-refractivity contribution >= 4 is 17.8 Å². The molecule has 0 fully saturated rings. The maximum atomic E-state index is 11.7. The van der Waals surface area contributed by atoms with E-state index >= 15 is 0 Å². The van der Waals surface area contributed by atoms with E-state index in [4.69, 9.17) is 4.74 Å². The standard InChI is InChI=1S/C19H19NO5/c1-24-19(23)16-9-7-15(8-10-16)12-20-17(21)13-25-18(22)11-14-5-3-2-4-6-14/h2-10H,11-13H2,1H3,(H,20,21). The van der Waals surface area contributed by atoms with Gasteiger partial charge in [0.05, 0.1) is 19.1 Å². The van der Waals surface area contributed by atoms with Crippen LogP contribution in [0.3, 0.4) is 0 Å². The van der Waals surface area contributed by atoms with Gasteiger partial charge in [0.25, 0.3) is 5.91 Å². The van der Waals surface area contributed by atoms with Crippen molar-refractivity contribution in [3.63, 3.8) is 0 Å². The van der Waals surface area contributed by atoms with Gasteiger partial charge in [-0.25, -0.2) is 4.79 Å². The molecular formula is C19H19NO5. The third-order valence-corrected chi connectivity index (χ3v) is 3.42. The largest absolute Gasteiger partial charge is 0.465 e. The summed E-state index contributed by atoms with van der Waals surface area (Å²) in [5, 5.41) is 2.65. The van der Waals surface area contributed by atoms with Crippen LogP contribution in [0.25, 0.3) is 0 Å². The number of nitrogens with one attached hydrogen (secondary N) is 1. The highest BCUT2D eigenvalue weighted by atomic mass is 16.5. The van der Waals surface area contributed by atoms with E-state index in [1.807, 2.05) is 30.3 Å². The summed E-state index contributed by atoms with van der Waals surface area (Å²) in [6.07, 6.45) is 0.128. The molecule has 0 spiro atoms. The Morgan fingerprint density at radius 2 is 1.60 bits per heavy atom. The van der Waals surface area contributed by atoms with Crippen molar-refractivity contribution in [1.82, 2.24) is 5.32 Å². The van der Waals surface area contributed by atoms with Gasteiger partial charge in [-0.1, -0.05) is 42.5 Å². The summed E-state index contributed by atoms with van der Waals surface area (Å²) in [5.74, 6) is -1.26. The molecule has 6 heteroatoms. The van der Waals surface area contributed by atoms with E-state index < -0.39 is 17.8 Å². The van der Waals surface area contributed by atoms with Crippen molar-refractivity contribution in [2.24, 2.45) is 0 Å². The van der Waals surface area contributed by atoms with Gasteiger partial charge in [0.15, 0.2) is 6.61 Å². The Hall–Kier alpha value is -3.15. The van der Waals surface area contributed by atoms with E-state index in [2.05, 4.69) is 10.1 Å². The molecule has 1 N–H and O–H groups in total. The molecule has 0 saturated carbocycles. The third kappa shape index (κ3) is 6.10. The lowest BCUT2D eigenvalue weighted by atomic mass is 10.1. The first kappa shape index (κ1) is 18.2. The number of hydrogen-bond acceptors (Lipinski definition) is 5. The molecule has 0 heterocycles. The van der Waals surface area contributed by atoms with Gasteiger partial charge in [0.1, 0.15) is 0 Å². The normalized spacial score (nSPS) is 9.96. The van der Waals surface area contributed by atoms with E-state index in [-0.39, 0.29) is 19.6 Å². The van der Waals surface area contributed by atoms with Crippen molar-refractivity contribution < 1.29 is 23.9 Å². The third-order valence-electron chi connectivity index (χ3n) is 3.42. The van der Waals surface area contributed by atoms with Crippen molar-refractivity contribution in [3.8, 4) is 0 Å². The molecule has 0 aromatic heterocycles. The highest BCUT2D eigenvalue weighted by molar-refractivity contribution is 5.89. The number of carbonyl (C=O) groups is 3. The molecule has 6 nitrogen and oxygen atoms in total. The fourth-order valence-corrected chi connectivity index (χ4v) is 2.09. The van der Waals surface area contributed by atoms with Crippen LogP contribution in [0.4, 0.5) is 0 Å². The first-order valence-electron chi connectivity index (χ1n) is 7.72. The summed E-state index contributed by atoms with van der Waals surface area (Å²) < 4.78 is 9.56. The van der Waals surface area contributed by atoms with E-state index in [1.54, 1.807) is 24.3 Å². The predicted molar refractivity (Wildman–Crippen MR) is 90.7 cm³/mol. The van der Waals surface area contributed by atoms with Gasteiger partial charge < -0.3 is 14.8 Å². The minimum absolute atomic E-state index is 0.128. The molecule has 0 bridgehead atoms. The molecule has 0 unspecified atom stereocenters. The number of methoxy groups -OCH3 is 1. The maximum absolute atomic E-state index is 11.7. The Kier molecular flexibility index (Phi) is 6.71. The SMILES string of the molecule is COC(=O)c1ccc(CNC(=O)COC(=O)Cc2ccccc2)cc1. The topological polar surface area (TPSA) is 81.7 Å².